The largest absolute Gasteiger partial charge is 0.309 e. The van der Waals surface area contributed by atoms with Gasteiger partial charge in [-0.3, -0.25) is 4.57 Å². The molecule has 4 nitrogen and oxygen atoms in total. The molecule has 0 amide bonds. The highest BCUT2D eigenvalue weighted by molar-refractivity contribution is 6.19. The van der Waals surface area contributed by atoms with Crippen molar-refractivity contribution >= 4 is 54.5 Å². The van der Waals surface area contributed by atoms with Crippen LogP contribution >= 0.6 is 0 Å². The van der Waals surface area contributed by atoms with Gasteiger partial charge in [0.1, 0.15) is 5.82 Å². The van der Waals surface area contributed by atoms with Crippen LogP contribution in [-0.2, 0) is 0 Å². The topological polar surface area (TPSA) is 35.6 Å². The number of benzene rings is 6. The van der Waals surface area contributed by atoms with Crippen molar-refractivity contribution in [2.75, 3.05) is 0 Å². The van der Waals surface area contributed by atoms with E-state index >= 15 is 0 Å². The molecule has 0 unspecified atom stereocenters. The van der Waals surface area contributed by atoms with Gasteiger partial charge in [-0.15, -0.1) is 0 Å². The Morgan fingerprint density at radius 2 is 1.05 bits per heavy atom. The van der Waals surface area contributed by atoms with Crippen molar-refractivity contribution in [3.05, 3.63) is 145 Å². The van der Waals surface area contributed by atoms with E-state index in [-0.39, 0.29) is 23.5 Å². The zero-order chi connectivity index (χ0) is 32.0. The molecule has 0 aliphatic rings. The molecule has 0 fully saturated rings. The first-order valence-electron chi connectivity index (χ1n) is 16.3. The Hall–Kier alpha value is -5.74. The Morgan fingerprint density at radius 3 is 1.76 bits per heavy atom. The van der Waals surface area contributed by atoms with Crippen LogP contribution in [0.25, 0.3) is 77.4 Å². The van der Waals surface area contributed by atoms with Crippen molar-refractivity contribution in [1.82, 2.24) is 19.1 Å². The predicted octanol–water partition coefficient (Wildman–Crippen LogP) is 9.49. The molecule has 42 heavy (non-hydrogen) atoms. The summed E-state index contributed by atoms with van der Waals surface area (Å²) in [4.78, 5) is 9.76. The second-order valence-corrected chi connectivity index (χ2v) is 10.3. The van der Waals surface area contributed by atoms with Gasteiger partial charge in [-0.1, -0.05) is 96.9 Å². The summed E-state index contributed by atoms with van der Waals surface area (Å²) < 4.78 is 46.4. The van der Waals surface area contributed by atoms with Crippen LogP contribution in [0.3, 0.4) is 0 Å². The Balaban J connectivity index is 1.44. The summed E-state index contributed by atoms with van der Waals surface area (Å²) in [6.07, 6.45) is 0. The summed E-state index contributed by atoms with van der Waals surface area (Å²) in [6.45, 7) is 0. The minimum Gasteiger partial charge on any atom is -0.309 e. The highest BCUT2D eigenvalue weighted by Crippen LogP contribution is 2.40. The van der Waals surface area contributed by atoms with E-state index in [0.717, 1.165) is 54.7 Å². The number of para-hydroxylation sites is 4. The minimum atomic E-state index is -0.453. The van der Waals surface area contributed by atoms with Gasteiger partial charge in [0.25, 0.3) is 0 Å². The van der Waals surface area contributed by atoms with E-state index in [1.54, 1.807) is 0 Å². The lowest BCUT2D eigenvalue weighted by molar-refractivity contribution is 1.08. The van der Waals surface area contributed by atoms with Gasteiger partial charge in [-0.25, -0.2) is 9.97 Å². The molecule has 3 heterocycles. The lowest BCUT2D eigenvalue weighted by Gasteiger charge is -2.13. The van der Waals surface area contributed by atoms with Crippen LogP contribution in [-0.4, -0.2) is 19.1 Å². The number of nitrogens with zero attached hydrogens (tertiary/aromatic N) is 4. The third-order valence-electron chi connectivity index (χ3n) is 8.00. The highest BCUT2D eigenvalue weighted by atomic mass is 15.1. The van der Waals surface area contributed by atoms with Crippen LogP contribution in [0.15, 0.2) is 145 Å². The molecule has 4 heteroatoms. The Labute approximate surface area is 248 Å². The van der Waals surface area contributed by atoms with Crippen LogP contribution in [0, 0.1) is 0 Å². The molecule has 6 aromatic carbocycles. The SMILES string of the molecule is [2H]c1c([2H])c([2H])c(-c2nc(-n3c4ccccc4c4cc5c(cc43)c3ccccc3n5-c3ccccc3)c3ccccc3n2)c([2H])c1[2H]. The van der Waals surface area contributed by atoms with Crippen LogP contribution in [0.5, 0.6) is 0 Å². The zero-order valence-corrected chi connectivity index (χ0v) is 22.3. The average molecular weight is 542 g/mol. The van der Waals surface area contributed by atoms with Crippen molar-refractivity contribution in [3.8, 4) is 22.9 Å². The van der Waals surface area contributed by atoms with Crippen molar-refractivity contribution in [3.63, 3.8) is 0 Å². The van der Waals surface area contributed by atoms with E-state index in [1.165, 1.54) is 0 Å². The first-order chi connectivity index (χ1) is 22.9. The maximum absolute atomic E-state index is 8.67. The maximum atomic E-state index is 8.67. The number of hydrogen-bond acceptors (Lipinski definition) is 2. The normalized spacial score (nSPS) is 13.5. The first kappa shape index (κ1) is 18.6. The molecule has 0 N–H and O–H groups in total. The fraction of sp³-hybridized carbons (Fsp3) is 0. The summed E-state index contributed by atoms with van der Waals surface area (Å²) >= 11 is 0. The van der Waals surface area contributed by atoms with E-state index in [9.17, 15) is 0 Å². The minimum absolute atomic E-state index is 0.0305. The molecule has 9 aromatic rings. The Bertz CT molecular complexity index is 2720. The zero-order valence-electron chi connectivity index (χ0n) is 27.3. The van der Waals surface area contributed by atoms with Gasteiger partial charge in [0, 0.05) is 38.2 Å². The first-order valence-corrected chi connectivity index (χ1v) is 13.8. The van der Waals surface area contributed by atoms with Crippen LogP contribution < -0.4 is 0 Å². The quantitative estimate of drug-likeness (QED) is 0.223. The smallest absolute Gasteiger partial charge is 0.162 e. The summed E-state index contributed by atoms with van der Waals surface area (Å²) in [5.41, 5.74) is 5.70. The summed E-state index contributed by atoms with van der Waals surface area (Å²) in [6, 6.07) is 37.1. The second kappa shape index (κ2) is 8.88. The van der Waals surface area contributed by atoms with Crippen molar-refractivity contribution in [2.45, 2.75) is 0 Å². The third-order valence-corrected chi connectivity index (χ3v) is 8.00. The summed E-state index contributed by atoms with van der Waals surface area (Å²) in [5, 5.41) is 5.07. The van der Waals surface area contributed by atoms with Gasteiger partial charge in [-0.05, 0) is 48.5 Å². The van der Waals surface area contributed by atoms with Crippen LogP contribution in [0.4, 0.5) is 0 Å². The predicted molar refractivity (Wildman–Crippen MR) is 174 cm³/mol. The number of aromatic nitrogens is 4. The average Bonchev–Trinajstić information content (AvgIpc) is 3.61. The van der Waals surface area contributed by atoms with Gasteiger partial charge in [-0.2, -0.15) is 0 Å². The molecular weight excluding hydrogens is 512 g/mol. The number of rotatable bonds is 3. The molecule has 0 aliphatic heterocycles. The van der Waals surface area contributed by atoms with Gasteiger partial charge in [0.05, 0.1) is 34.4 Å². The molecule has 0 bridgehead atoms. The molecular formula is C38H24N4. The van der Waals surface area contributed by atoms with E-state index < -0.39 is 18.1 Å². The number of fused-ring (bicyclic) bond motifs is 7. The molecule has 0 radical (unpaired) electrons. The van der Waals surface area contributed by atoms with E-state index in [0.29, 0.717) is 11.3 Å². The lowest BCUT2D eigenvalue weighted by atomic mass is 10.1. The van der Waals surface area contributed by atoms with Crippen LogP contribution in [0.1, 0.15) is 6.85 Å². The molecule has 196 valence electrons. The molecule has 9 rings (SSSR count). The standard InChI is InChI=1S/C38H24N4/c1-3-13-25(14-4-1)37-39-32-20-10-7-19-29(32)38(40-37)42-34-22-12-9-18-28(34)31-23-35-30(24-36(31)42)27-17-8-11-21-33(27)41(35)26-15-5-2-6-16-26/h1-24H/i1D,3D,4D,13D,14D. The maximum Gasteiger partial charge on any atom is 0.162 e. The van der Waals surface area contributed by atoms with E-state index in [2.05, 4.69) is 69.8 Å². The fourth-order valence-corrected chi connectivity index (χ4v) is 6.22. The lowest BCUT2D eigenvalue weighted by Crippen LogP contribution is -2.02. The fourth-order valence-electron chi connectivity index (χ4n) is 6.22. The monoisotopic (exact) mass is 541 g/mol. The molecule has 0 saturated heterocycles. The highest BCUT2D eigenvalue weighted by Gasteiger charge is 2.20. The Kier molecular flexibility index (Phi) is 3.93. The van der Waals surface area contributed by atoms with Crippen molar-refractivity contribution < 1.29 is 6.85 Å². The van der Waals surface area contributed by atoms with Gasteiger partial charge >= 0.3 is 0 Å². The molecule has 0 atom stereocenters. The van der Waals surface area contributed by atoms with Crippen molar-refractivity contribution in [1.29, 1.82) is 0 Å². The van der Waals surface area contributed by atoms with Crippen LogP contribution in [0.2, 0.25) is 0 Å². The summed E-state index contributed by atoms with van der Waals surface area (Å²) in [5.74, 6) is 0.637. The second-order valence-electron chi connectivity index (χ2n) is 10.3. The van der Waals surface area contributed by atoms with Gasteiger partial charge in [0.15, 0.2) is 5.82 Å². The number of hydrogen-bond donors (Lipinski definition) is 0. The molecule has 0 aliphatic carbocycles. The molecule has 0 spiro atoms. The van der Waals surface area contributed by atoms with E-state index in [4.69, 9.17) is 16.8 Å². The van der Waals surface area contributed by atoms with Crippen molar-refractivity contribution in [2.24, 2.45) is 0 Å². The Morgan fingerprint density at radius 1 is 0.476 bits per heavy atom. The van der Waals surface area contributed by atoms with Gasteiger partial charge in [0.2, 0.25) is 0 Å². The molecule has 0 saturated carbocycles. The third kappa shape index (κ3) is 3.29. The van der Waals surface area contributed by atoms with E-state index in [1.807, 2.05) is 54.6 Å². The van der Waals surface area contributed by atoms with Gasteiger partial charge < -0.3 is 4.57 Å². The molecule has 3 aromatic heterocycles. The summed E-state index contributed by atoms with van der Waals surface area (Å²) in [7, 11) is 0.